The number of anilines is 2. The smallest absolute Gasteiger partial charge is 0.293 e. The van der Waals surface area contributed by atoms with E-state index in [9.17, 15) is 18.5 Å². The number of nitro groups is 1. The second-order valence-electron chi connectivity index (χ2n) is 7.74. The maximum Gasteiger partial charge on any atom is 0.293 e. The van der Waals surface area contributed by atoms with E-state index in [-0.39, 0.29) is 16.6 Å². The molecule has 0 spiro atoms. The molecule has 9 nitrogen and oxygen atoms in total. The van der Waals surface area contributed by atoms with Gasteiger partial charge in [0, 0.05) is 37.5 Å². The van der Waals surface area contributed by atoms with Crippen molar-refractivity contribution in [2.45, 2.75) is 44.2 Å². The lowest BCUT2D eigenvalue weighted by Gasteiger charge is -2.25. The van der Waals surface area contributed by atoms with Gasteiger partial charge in [-0.05, 0) is 44.0 Å². The maximum absolute atomic E-state index is 12.9. The summed E-state index contributed by atoms with van der Waals surface area (Å²) in [7, 11) is -3.98. The predicted molar refractivity (Wildman–Crippen MR) is 118 cm³/mol. The molecule has 2 heterocycles. The Morgan fingerprint density at radius 1 is 1.16 bits per heavy atom. The summed E-state index contributed by atoms with van der Waals surface area (Å²) in [5.74, 6) is 0.992. The summed E-state index contributed by atoms with van der Waals surface area (Å²) in [5.41, 5.74) is 2.24. The standard InChI is InChI=1S/C21H23N5O4S/c1-14-3-6-18(15(2)11-14)24-31(29,30)17-5-7-19(20(12-17)26(27)28)23-16-4-8-21-22-9-10-25(21)13-16/h3,5-7,9-12,16,23-24H,4,8,13H2,1-2H3. The number of nitrogens with zero attached hydrogens (tertiary/aromatic N) is 3. The summed E-state index contributed by atoms with van der Waals surface area (Å²) in [4.78, 5) is 15.2. The molecule has 2 aromatic carbocycles. The van der Waals surface area contributed by atoms with Crippen molar-refractivity contribution >= 4 is 27.1 Å². The molecule has 1 aliphatic heterocycles. The first-order valence-corrected chi connectivity index (χ1v) is 11.4. The molecular weight excluding hydrogens is 418 g/mol. The lowest BCUT2D eigenvalue weighted by Crippen LogP contribution is -2.31. The summed E-state index contributed by atoms with van der Waals surface area (Å²) in [6.07, 6.45) is 5.17. The summed E-state index contributed by atoms with van der Waals surface area (Å²) in [5, 5.41) is 14.9. The van der Waals surface area contributed by atoms with Gasteiger partial charge in [-0.1, -0.05) is 17.7 Å². The van der Waals surface area contributed by atoms with Gasteiger partial charge in [0.05, 0.1) is 15.5 Å². The number of hydrogen-bond donors (Lipinski definition) is 2. The van der Waals surface area contributed by atoms with Crippen molar-refractivity contribution in [1.29, 1.82) is 0 Å². The van der Waals surface area contributed by atoms with Crippen LogP contribution in [0.3, 0.4) is 0 Å². The zero-order valence-electron chi connectivity index (χ0n) is 17.2. The van der Waals surface area contributed by atoms with Gasteiger partial charge in [-0.2, -0.15) is 0 Å². The Morgan fingerprint density at radius 3 is 2.68 bits per heavy atom. The fraction of sp³-hybridized carbons (Fsp3) is 0.286. The maximum atomic E-state index is 12.9. The number of benzene rings is 2. The van der Waals surface area contributed by atoms with Gasteiger partial charge < -0.3 is 9.88 Å². The number of sulfonamides is 1. The number of nitrogens with one attached hydrogen (secondary N) is 2. The van der Waals surface area contributed by atoms with E-state index in [0.717, 1.165) is 35.9 Å². The van der Waals surface area contributed by atoms with Crippen molar-refractivity contribution < 1.29 is 13.3 Å². The van der Waals surface area contributed by atoms with E-state index < -0.39 is 14.9 Å². The molecule has 1 aromatic heterocycles. The lowest BCUT2D eigenvalue weighted by atomic mass is 10.1. The molecule has 10 heteroatoms. The molecule has 0 radical (unpaired) electrons. The van der Waals surface area contributed by atoms with E-state index in [1.807, 2.05) is 23.8 Å². The first-order valence-electron chi connectivity index (χ1n) is 9.88. The van der Waals surface area contributed by atoms with Crippen LogP contribution < -0.4 is 10.0 Å². The van der Waals surface area contributed by atoms with Gasteiger partial charge in [0.25, 0.3) is 15.7 Å². The quantitative estimate of drug-likeness (QED) is 0.445. The Morgan fingerprint density at radius 2 is 1.94 bits per heavy atom. The van der Waals surface area contributed by atoms with E-state index in [2.05, 4.69) is 15.0 Å². The van der Waals surface area contributed by atoms with Crippen LogP contribution in [0.1, 0.15) is 23.4 Å². The predicted octanol–water partition coefficient (Wildman–Crippen LogP) is 3.64. The molecule has 2 N–H and O–H groups in total. The van der Waals surface area contributed by atoms with E-state index in [1.54, 1.807) is 25.3 Å². The van der Waals surface area contributed by atoms with Gasteiger partial charge in [-0.3, -0.25) is 14.8 Å². The van der Waals surface area contributed by atoms with Crippen LogP contribution in [0, 0.1) is 24.0 Å². The number of fused-ring (bicyclic) bond motifs is 1. The fourth-order valence-electron chi connectivity index (χ4n) is 3.79. The SMILES string of the molecule is Cc1ccc(NS(=O)(=O)c2ccc(NC3CCc4nccn4C3)c([N+](=O)[O-])c2)c(C)c1. The highest BCUT2D eigenvalue weighted by molar-refractivity contribution is 7.92. The number of hydrogen-bond acceptors (Lipinski definition) is 6. The molecule has 0 amide bonds. The second-order valence-corrected chi connectivity index (χ2v) is 9.42. The summed E-state index contributed by atoms with van der Waals surface area (Å²) in [6.45, 7) is 4.36. The first kappa shape index (κ1) is 20.9. The number of nitro benzene ring substituents is 1. The molecule has 3 aromatic rings. The van der Waals surface area contributed by atoms with Crippen LogP contribution in [-0.4, -0.2) is 28.9 Å². The number of rotatable bonds is 6. The Balaban J connectivity index is 1.59. The molecular formula is C21H23N5O4S. The minimum atomic E-state index is -3.98. The zero-order valence-corrected chi connectivity index (χ0v) is 18.0. The van der Waals surface area contributed by atoms with Gasteiger partial charge in [0.2, 0.25) is 0 Å². The summed E-state index contributed by atoms with van der Waals surface area (Å²) in [6, 6.07) is 9.26. The van der Waals surface area contributed by atoms with Gasteiger partial charge in [0.15, 0.2) is 0 Å². The monoisotopic (exact) mass is 441 g/mol. The molecule has 4 rings (SSSR count). The van der Waals surface area contributed by atoms with Gasteiger partial charge >= 0.3 is 0 Å². The van der Waals surface area contributed by atoms with Crippen LogP contribution in [0.4, 0.5) is 17.1 Å². The highest BCUT2D eigenvalue weighted by Gasteiger charge is 2.25. The summed E-state index contributed by atoms with van der Waals surface area (Å²) >= 11 is 0. The van der Waals surface area contributed by atoms with E-state index in [1.165, 1.54) is 12.1 Å². The van der Waals surface area contributed by atoms with Gasteiger partial charge in [-0.25, -0.2) is 13.4 Å². The third-order valence-electron chi connectivity index (χ3n) is 5.40. The second kappa shape index (κ2) is 8.03. The number of aryl methyl sites for hydroxylation is 3. The average Bonchev–Trinajstić information content (AvgIpc) is 3.18. The van der Waals surface area contributed by atoms with E-state index in [0.29, 0.717) is 17.9 Å². The Labute approximate surface area is 180 Å². The highest BCUT2D eigenvalue weighted by Crippen LogP contribution is 2.31. The molecule has 0 aliphatic carbocycles. The molecule has 0 bridgehead atoms. The van der Waals surface area contributed by atoms with E-state index in [4.69, 9.17) is 0 Å². The third-order valence-corrected chi connectivity index (χ3v) is 6.76. The van der Waals surface area contributed by atoms with Crippen LogP contribution >= 0.6 is 0 Å². The Kier molecular flexibility index (Phi) is 5.40. The number of imidazole rings is 1. The van der Waals surface area contributed by atoms with Crippen molar-refractivity contribution in [2.24, 2.45) is 0 Å². The molecule has 1 atom stereocenters. The topological polar surface area (TPSA) is 119 Å². The van der Waals surface area contributed by atoms with Crippen molar-refractivity contribution in [1.82, 2.24) is 9.55 Å². The van der Waals surface area contributed by atoms with Gasteiger partial charge in [0.1, 0.15) is 11.5 Å². The van der Waals surface area contributed by atoms with Crippen LogP contribution in [0.25, 0.3) is 0 Å². The molecule has 1 unspecified atom stereocenters. The molecule has 1 aliphatic rings. The van der Waals surface area contributed by atoms with Crippen LogP contribution in [0.5, 0.6) is 0 Å². The molecule has 31 heavy (non-hydrogen) atoms. The highest BCUT2D eigenvalue weighted by atomic mass is 32.2. The average molecular weight is 442 g/mol. The minimum absolute atomic E-state index is 0.0174. The molecule has 162 valence electrons. The molecule has 0 fully saturated rings. The largest absolute Gasteiger partial charge is 0.375 e. The molecule has 0 saturated carbocycles. The first-order chi connectivity index (χ1) is 14.7. The van der Waals surface area contributed by atoms with Crippen molar-refractivity contribution in [3.05, 3.63) is 75.9 Å². The van der Waals surface area contributed by atoms with Gasteiger partial charge in [-0.15, -0.1) is 0 Å². The van der Waals surface area contributed by atoms with Crippen LogP contribution in [0.2, 0.25) is 0 Å². The zero-order chi connectivity index (χ0) is 22.2. The van der Waals surface area contributed by atoms with Crippen molar-refractivity contribution in [3.63, 3.8) is 0 Å². The Hall–Kier alpha value is -3.40. The van der Waals surface area contributed by atoms with Crippen molar-refractivity contribution in [3.8, 4) is 0 Å². The molecule has 0 saturated heterocycles. The minimum Gasteiger partial charge on any atom is -0.375 e. The third kappa shape index (κ3) is 4.38. The number of aromatic nitrogens is 2. The van der Waals surface area contributed by atoms with E-state index >= 15 is 0 Å². The normalized spacial score (nSPS) is 15.9. The van der Waals surface area contributed by atoms with Crippen LogP contribution in [0.15, 0.2) is 53.7 Å². The van der Waals surface area contributed by atoms with Crippen LogP contribution in [-0.2, 0) is 23.0 Å². The lowest BCUT2D eigenvalue weighted by molar-refractivity contribution is -0.384. The Bertz CT molecular complexity index is 1250. The summed E-state index contributed by atoms with van der Waals surface area (Å²) < 4.78 is 30.3. The fourth-order valence-corrected chi connectivity index (χ4v) is 4.94. The van der Waals surface area contributed by atoms with Crippen molar-refractivity contribution in [2.75, 3.05) is 10.0 Å².